The third-order valence-corrected chi connectivity index (χ3v) is 5.07. The van der Waals surface area contributed by atoms with Crippen molar-refractivity contribution in [3.63, 3.8) is 0 Å². The van der Waals surface area contributed by atoms with Crippen molar-refractivity contribution in [3.8, 4) is 17.1 Å². The Morgan fingerprint density at radius 3 is 2.56 bits per heavy atom. The second-order valence-electron chi connectivity index (χ2n) is 6.59. The van der Waals surface area contributed by atoms with E-state index in [1.165, 1.54) is 0 Å². The molecular weight excluding hydrogens is 344 g/mol. The van der Waals surface area contributed by atoms with Crippen LogP contribution < -0.4 is 4.74 Å². The molecule has 6 heteroatoms. The Balaban J connectivity index is 1.47. The van der Waals surface area contributed by atoms with E-state index in [2.05, 4.69) is 10.1 Å². The number of methoxy groups -OCH3 is 1. The lowest BCUT2D eigenvalue weighted by Crippen LogP contribution is -2.43. The van der Waals surface area contributed by atoms with Crippen LogP contribution in [0.4, 0.5) is 0 Å². The van der Waals surface area contributed by atoms with Gasteiger partial charge in [-0.15, -0.1) is 0 Å². The lowest BCUT2D eigenvalue weighted by molar-refractivity contribution is -0.156. The number of benzene rings is 2. The number of esters is 1. The Morgan fingerprint density at radius 1 is 1.11 bits per heavy atom. The molecule has 1 aliphatic carbocycles. The Morgan fingerprint density at radius 2 is 1.85 bits per heavy atom. The molecule has 2 aromatic carbocycles. The molecule has 0 bridgehead atoms. The van der Waals surface area contributed by atoms with E-state index in [1.54, 1.807) is 7.11 Å². The van der Waals surface area contributed by atoms with Gasteiger partial charge in [-0.3, -0.25) is 4.79 Å². The first kappa shape index (κ1) is 17.3. The fourth-order valence-electron chi connectivity index (χ4n) is 3.42. The summed E-state index contributed by atoms with van der Waals surface area (Å²) in [6.07, 6.45) is 2.61. The predicted molar refractivity (Wildman–Crippen MR) is 98.1 cm³/mol. The molecule has 4 rings (SSSR count). The zero-order valence-electron chi connectivity index (χ0n) is 15.1. The maximum Gasteiger partial charge on any atom is 0.317 e. The van der Waals surface area contributed by atoms with E-state index in [9.17, 15) is 4.79 Å². The number of hydrogen-bond acceptors (Lipinski definition) is 6. The molecule has 138 valence electrons. The number of carbonyl (C=O) groups excluding carboxylic acids is 1. The lowest BCUT2D eigenvalue weighted by Gasteiger charge is -2.39. The van der Waals surface area contributed by atoms with Crippen LogP contribution in [-0.4, -0.2) is 23.2 Å². The molecule has 0 saturated heterocycles. The van der Waals surface area contributed by atoms with Crippen LogP contribution in [0.1, 0.15) is 30.7 Å². The highest BCUT2D eigenvalue weighted by atomic mass is 16.6. The first-order valence-corrected chi connectivity index (χ1v) is 8.92. The molecule has 0 spiro atoms. The van der Waals surface area contributed by atoms with Crippen molar-refractivity contribution in [1.82, 2.24) is 10.1 Å². The van der Waals surface area contributed by atoms with Crippen molar-refractivity contribution in [2.75, 3.05) is 7.11 Å². The monoisotopic (exact) mass is 364 g/mol. The molecule has 6 nitrogen and oxygen atoms in total. The van der Waals surface area contributed by atoms with Crippen molar-refractivity contribution in [3.05, 3.63) is 66.1 Å². The number of rotatable bonds is 6. The van der Waals surface area contributed by atoms with Crippen molar-refractivity contribution >= 4 is 5.97 Å². The zero-order valence-corrected chi connectivity index (χ0v) is 15.1. The summed E-state index contributed by atoms with van der Waals surface area (Å²) < 4.78 is 16.1. The predicted octanol–water partition coefficient (Wildman–Crippen LogP) is 3.91. The van der Waals surface area contributed by atoms with Crippen LogP contribution in [0.2, 0.25) is 0 Å². The first-order chi connectivity index (χ1) is 13.2. The molecule has 1 heterocycles. The van der Waals surface area contributed by atoms with E-state index in [4.69, 9.17) is 14.0 Å². The second-order valence-corrected chi connectivity index (χ2v) is 6.59. The van der Waals surface area contributed by atoms with Crippen LogP contribution in [-0.2, 0) is 21.6 Å². The van der Waals surface area contributed by atoms with Crippen molar-refractivity contribution in [1.29, 1.82) is 0 Å². The summed E-state index contributed by atoms with van der Waals surface area (Å²) in [6, 6.07) is 17.2. The summed E-state index contributed by atoms with van der Waals surface area (Å²) in [6.45, 7) is -0.0461. The Kier molecular flexibility index (Phi) is 4.62. The summed E-state index contributed by atoms with van der Waals surface area (Å²) in [5, 5.41) is 3.97. The van der Waals surface area contributed by atoms with Gasteiger partial charge in [-0.05, 0) is 30.5 Å². The highest BCUT2D eigenvalue weighted by Crippen LogP contribution is 2.44. The third kappa shape index (κ3) is 3.18. The minimum absolute atomic E-state index is 0.0461. The van der Waals surface area contributed by atoms with Gasteiger partial charge in [0.15, 0.2) is 6.61 Å². The van der Waals surface area contributed by atoms with E-state index in [-0.39, 0.29) is 18.5 Å². The summed E-state index contributed by atoms with van der Waals surface area (Å²) >= 11 is 0. The average molecular weight is 364 g/mol. The maximum atomic E-state index is 12.8. The van der Waals surface area contributed by atoms with E-state index >= 15 is 0 Å². The Hall–Kier alpha value is -3.15. The summed E-state index contributed by atoms with van der Waals surface area (Å²) in [5.41, 5.74) is 1.18. The van der Waals surface area contributed by atoms with Crippen molar-refractivity contribution in [2.24, 2.45) is 0 Å². The number of aromatic nitrogens is 2. The van der Waals surface area contributed by atoms with Crippen LogP contribution in [0, 0.1) is 0 Å². The van der Waals surface area contributed by atoms with Gasteiger partial charge in [-0.2, -0.15) is 4.98 Å². The zero-order chi connectivity index (χ0) is 18.7. The molecule has 0 N–H and O–H groups in total. The average Bonchev–Trinajstić information content (AvgIpc) is 3.15. The smallest absolute Gasteiger partial charge is 0.317 e. The van der Waals surface area contributed by atoms with Gasteiger partial charge in [0.05, 0.1) is 18.1 Å². The highest BCUT2D eigenvalue weighted by Gasteiger charge is 2.47. The highest BCUT2D eigenvalue weighted by molar-refractivity contribution is 5.84. The van der Waals surface area contributed by atoms with Gasteiger partial charge in [-0.25, -0.2) is 0 Å². The van der Waals surface area contributed by atoms with E-state index in [0.29, 0.717) is 11.6 Å². The normalized spacial score (nSPS) is 15.0. The quantitative estimate of drug-likeness (QED) is 0.618. The fraction of sp³-hybridized carbons (Fsp3) is 0.286. The number of para-hydroxylation sites is 1. The first-order valence-electron chi connectivity index (χ1n) is 8.92. The van der Waals surface area contributed by atoms with Crippen LogP contribution in [0.25, 0.3) is 11.4 Å². The molecule has 0 amide bonds. The van der Waals surface area contributed by atoms with Gasteiger partial charge in [-0.1, -0.05) is 54.0 Å². The molecule has 3 aromatic rings. The SMILES string of the molecule is COc1ccccc1-c1noc(COC(=O)C2(c3ccccc3)CCC2)n1. The summed E-state index contributed by atoms with van der Waals surface area (Å²) in [5.74, 6) is 1.07. The Labute approximate surface area is 157 Å². The van der Waals surface area contributed by atoms with Crippen LogP contribution in [0.15, 0.2) is 59.1 Å². The Bertz CT molecular complexity index is 932. The van der Waals surface area contributed by atoms with Crippen molar-refractivity contribution < 1.29 is 18.8 Å². The summed E-state index contributed by atoms with van der Waals surface area (Å²) in [7, 11) is 1.59. The van der Waals surface area contributed by atoms with Gasteiger partial charge >= 0.3 is 5.97 Å². The number of carbonyl (C=O) groups is 1. The molecule has 0 unspecified atom stereocenters. The molecule has 1 aliphatic rings. The van der Waals surface area contributed by atoms with Gasteiger partial charge in [0.25, 0.3) is 5.89 Å². The molecule has 1 saturated carbocycles. The molecule has 0 aliphatic heterocycles. The van der Waals surface area contributed by atoms with Gasteiger partial charge in [0.2, 0.25) is 5.82 Å². The van der Waals surface area contributed by atoms with Gasteiger partial charge in [0.1, 0.15) is 5.75 Å². The van der Waals surface area contributed by atoms with E-state index in [1.807, 2.05) is 54.6 Å². The lowest BCUT2D eigenvalue weighted by atomic mass is 9.64. The molecule has 0 atom stereocenters. The van der Waals surface area contributed by atoms with Crippen LogP contribution >= 0.6 is 0 Å². The molecule has 1 aromatic heterocycles. The largest absolute Gasteiger partial charge is 0.496 e. The molecule has 0 radical (unpaired) electrons. The minimum atomic E-state index is -0.549. The topological polar surface area (TPSA) is 74.5 Å². The molecule has 1 fully saturated rings. The summed E-state index contributed by atoms with van der Waals surface area (Å²) in [4.78, 5) is 17.1. The number of ether oxygens (including phenoxy) is 2. The van der Waals surface area contributed by atoms with Crippen molar-refractivity contribution in [2.45, 2.75) is 31.3 Å². The molecule has 27 heavy (non-hydrogen) atoms. The van der Waals surface area contributed by atoms with E-state index in [0.717, 1.165) is 30.4 Å². The van der Waals surface area contributed by atoms with Crippen LogP contribution in [0.3, 0.4) is 0 Å². The van der Waals surface area contributed by atoms with E-state index < -0.39 is 5.41 Å². The number of nitrogens with zero attached hydrogens (tertiary/aromatic N) is 2. The minimum Gasteiger partial charge on any atom is -0.496 e. The fourth-order valence-corrected chi connectivity index (χ4v) is 3.42. The van der Waals surface area contributed by atoms with Gasteiger partial charge < -0.3 is 14.0 Å². The third-order valence-electron chi connectivity index (χ3n) is 5.07. The van der Waals surface area contributed by atoms with Gasteiger partial charge in [0, 0.05) is 0 Å². The second kappa shape index (κ2) is 7.23. The number of hydrogen-bond donors (Lipinski definition) is 0. The van der Waals surface area contributed by atoms with Crippen LogP contribution in [0.5, 0.6) is 5.75 Å². The maximum absolute atomic E-state index is 12.8. The molecular formula is C21H20N2O4. The standard InChI is InChI=1S/C21H20N2O4/c1-25-17-11-6-5-10-16(17)19-22-18(27-23-19)14-26-20(24)21(12-7-13-21)15-8-3-2-4-9-15/h2-6,8-11H,7,12-14H2,1H3.